The van der Waals surface area contributed by atoms with Gasteiger partial charge in [-0.3, -0.25) is 15.0 Å². The molecule has 0 aromatic carbocycles. The molecule has 0 atom stereocenters. The summed E-state index contributed by atoms with van der Waals surface area (Å²) < 4.78 is 0. The zero-order chi connectivity index (χ0) is 16.4. The maximum absolute atomic E-state index is 11.6. The third-order valence-corrected chi connectivity index (χ3v) is 4.00. The number of carbonyl (C=O) groups excluding carboxylic acids is 2. The molecule has 0 unspecified atom stereocenters. The van der Waals surface area contributed by atoms with Crippen LogP contribution in [0.25, 0.3) is 6.08 Å². The molecule has 3 amide bonds. The Balaban J connectivity index is 1.72. The molecule has 0 bridgehead atoms. The number of anilines is 1. The number of rotatable bonds is 3. The van der Waals surface area contributed by atoms with E-state index in [1.54, 1.807) is 18.3 Å². The van der Waals surface area contributed by atoms with Crippen molar-refractivity contribution in [2.24, 2.45) is 0 Å². The van der Waals surface area contributed by atoms with Crippen molar-refractivity contribution in [2.45, 2.75) is 19.9 Å². The van der Waals surface area contributed by atoms with Crippen LogP contribution in [0.4, 0.5) is 10.7 Å². The molecular formula is C15H20N6O2. The number of carbonyl (C=O) groups is 2. The van der Waals surface area contributed by atoms with E-state index >= 15 is 0 Å². The molecule has 0 radical (unpaired) electrons. The monoisotopic (exact) mass is 316 g/mol. The van der Waals surface area contributed by atoms with Crippen LogP contribution in [-0.2, 0) is 4.79 Å². The zero-order valence-corrected chi connectivity index (χ0v) is 13.2. The second-order valence-corrected chi connectivity index (χ2v) is 5.86. The van der Waals surface area contributed by atoms with E-state index in [0.717, 1.165) is 26.2 Å². The van der Waals surface area contributed by atoms with Gasteiger partial charge in [-0.15, -0.1) is 0 Å². The largest absolute Gasteiger partial charge is 0.338 e. The van der Waals surface area contributed by atoms with Crippen LogP contribution in [0.5, 0.6) is 0 Å². The van der Waals surface area contributed by atoms with Crippen LogP contribution in [0.2, 0.25) is 0 Å². The molecule has 3 heterocycles. The number of nitrogens with zero attached hydrogens (tertiary/aromatic N) is 4. The van der Waals surface area contributed by atoms with Crippen LogP contribution in [0, 0.1) is 0 Å². The fraction of sp³-hybridized carbons (Fsp3) is 0.467. The van der Waals surface area contributed by atoms with Gasteiger partial charge in [0.05, 0.1) is 5.69 Å². The van der Waals surface area contributed by atoms with Gasteiger partial charge in [-0.05, 0) is 26.0 Å². The van der Waals surface area contributed by atoms with E-state index in [1.807, 2.05) is 0 Å². The van der Waals surface area contributed by atoms with Crippen molar-refractivity contribution in [1.82, 2.24) is 25.5 Å². The van der Waals surface area contributed by atoms with Gasteiger partial charge >= 0.3 is 6.03 Å². The average Bonchev–Trinajstić information content (AvgIpc) is 2.85. The Morgan fingerprint density at radius 3 is 2.52 bits per heavy atom. The highest BCUT2D eigenvalue weighted by atomic mass is 16.2. The number of amides is 3. The fourth-order valence-corrected chi connectivity index (χ4v) is 2.66. The SMILES string of the molecule is CC(C)N1CCN(c2nccc(/C=C3/NC(=O)NC3=O)n2)CC1. The lowest BCUT2D eigenvalue weighted by Crippen LogP contribution is -2.49. The van der Waals surface area contributed by atoms with Crippen LogP contribution >= 0.6 is 0 Å². The van der Waals surface area contributed by atoms with E-state index in [-0.39, 0.29) is 5.70 Å². The summed E-state index contributed by atoms with van der Waals surface area (Å²) in [6.07, 6.45) is 3.22. The van der Waals surface area contributed by atoms with Crippen LogP contribution in [0.1, 0.15) is 19.5 Å². The van der Waals surface area contributed by atoms with Gasteiger partial charge in [-0.25, -0.2) is 14.8 Å². The predicted molar refractivity (Wildman–Crippen MR) is 85.6 cm³/mol. The van der Waals surface area contributed by atoms with Crippen LogP contribution in [-0.4, -0.2) is 59.0 Å². The summed E-state index contributed by atoms with van der Waals surface area (Å²) in [7, 11) is 0. The molecule has 8 nitrogen and oxygen atoms in total. The average molecular weight is 316 g/mol. The number of hydrogen-bond acceptors (Lipinski definition) is 6. The molecule has 3 rings (SSSR count). The van der Waals surface area contributed by atoms with Crippen molar-refractivity contribution >= 4 is 24.0 Å². The Kier molecular flexibility index (Phi) is 4.24. The number of imide groups is 1. The minimum atomic E-state index is -0.514. The Bertz CT molecular complexity index is 649. The molecule has 122 valence electrons. The molecule has 23 heavy (non-hydrogen) atoms. The molecule has 0 aliphatic carbocycles. The third kappa shape index (κ3) is 3.48. The van der Waals surface area contributed by atoms with Gasteiger partial charge in [0, 0.05) is 38.4 Å². The van der Waals surface area contributed by atoms with E-state index < -0.39 is 11.9 Å². The first-order valence-electron chi connectivity index (χ1n) is 7.69. The van der Waals surface area contributed by atoms with Crippen molar-refractivity contribution in [1.29, 1.82) is 0 Å². The topological polar surface area (TPSA) is 90.5 Å². The molecule has 0 spiro atoms. The van der Waals surface area contributed by atoms with Gasteiger partial charge < -0.3 is 10.2 Å². The lowest BCUT2D eigenvalue weighted by atomic mass is 10.2. The first-order chi connectivity index (χ1) is 11.0. The minimum Gasteiger partial charge on any atom is -0.338 e. The van der Waals surface area contributed by atoms with Crippen molar-refractivity contribution in [2.75, 3.05) is 31.1 Å². The van der Waals surface area contributed by atoms with Crippen LogP contribution < -0.4 is 15.5 Å². The highest BCUT2D eigenvalue weighted by Gasteiger charge is 2.24. The lowest BCUT2D eigenvalue weighted by Gasteiger charge is -2.36. The summed E-state index contributed by atoms with van der Waals surface area (Å²) in [6.45, 7) is 8.08. The minimum absolute atomic E-state index is 0.198. The summed E-state index contributed by atoms with van der Waals surface area (Å²) in [5.41, 5.74) is 0.790. The number of nitrogens with one attached hydrogen (secondary N) is 2. The molecule has 2 aliphatic heterocycles. The van der Waals surface area contributed by atoms with E-state index in [2.05, 4.69) is 44.2 Å². The standard InChI is InChI=1S/C15H20N6O2/c1-10(2)20-5-7-21(8-6-20)14-16-4-3-11(17-14)9-12-13(22)19-15(23)18-12/h3-4,9-10H,5-8H2,1-2H3,(H2,18,19,22,23)/b12-9+. The predicted octanol–water partition coefficient (Wildman–Crippen LogP) is 0.187. The molecule has 1 aromatic heterocycles. The second-order valence-electron chi connectivity index (χ2n) is 5.86. The highest BCUT2D eigenvalue weighted by molar-refractivity contribution is 6.13. The van der Waals surface area contributed by atoms with Gasteiger partial charge in [0.1, 0.15) is 5.70 Å². The summed E-state index contributed by atoms with van der Waals surface area (Å²) in [6, 6.07) is 1.73. The summed E-state index contributed by atoms with van der Waals surface area (Å²) in [5, 5.41) is 4.61. The molecule has 2 saturated heterocycles. The van der Waals surface area contributed by atoms with Gasteiger partial charge in [0.2, 0.25) is 5.95 Å². The Labute approximate surface area is 134 Å². The summed E-state index contributed by atoms with van der Waals surface area (Å²) in [5.74, 6) is 0.202. The van der Waals surface area contributed by atoms with E-state index in [1.165, 1.54) is 0 Å². The first kappa shape index (κ1) is 15.4. The van der Waals surface area contributed by atoms with Crippen LogP contribution in [0.15, 0.2) is 18.0 Å². The van der Waals surface area contributed by atoms with E-state index in [4.69, 9.17) is 0 Å². The number of hydrogen-bond donors (Lipinski definition) is 2. The van der Waals surface area contributed by atoms with E-state index in [9.17, 15) is 9.59 Å². The van der Waals surface area contributed by atoms with Crippen molar-refractivity contribution in [3.8, 4) is 0 Å². The number of aromatic nitrogens is 2. The lowest BCUT2D eigenvalue weighted by molar-refractivity contribution is -0.115. The quantitative estimate of drug-likeness (QED) is 0.611. The number of piperazine rings is 1. The zero-order valence-electron chi connectivity index (χ0n) is 13.2. The molecule has 2 fully saturated rings. The van der Waals surface area contributed by atoms with Crippen molar-refractivity contribution < 1.29 is 9.59 Å². The highest BCUT2D eigenvalue weighted by Crippen LogP contribution is 2.14. The third-order valence-electron chi connectivity index (χ3n) is 4.00. The van der Waals surface area contributed by atoms with Crippen LogP contribution in [0.3, 0.4) is 0 Å². The molecular weight excluding hydrogens is 296 g/mol. The van der Waals surface area contributed by atoms with Gasteiger partial charge in [-0.2, -0.15) is 0 Å². The molecule has 2 aliphatic rings. The first-order valence-corrected chi connectivity index (χ1v) is 7.69. The number of urea groups is 1. The van der Waals surface area contributed by atoms with Crippen molar-refractivity contribution in [3.05, 3.63) is 23.7 Å². The normalized spacial score (nSPS) is 21.0. The van der Waals surface area contributed by atoms with E-state index in [0.29, 0.717) is 17.7 Å². The Hall–Kier alpha value is -2.48. The van der Waals surface area contributed by atoms with Gasteiger partial charge in [-0.1, -0.05) is 0 Å². The fourth-order valence-electron chi connectivity index (χ4n) is 2.66. The maximum Gasteiger partial charge on any atom is 0.326 e. The summed E-state index contributed by atoms with van der Waals surface area (Å²) in [4.78, 5) is 36.0. The molecule has 8 heteroatoms. The maximum atomic E-state index is 11.6. The Morgan fingerprint density at radius 1 is 1.17 bits per heavy atom. The molecule has 1 aromatic rings. The molecule has 0 saturated carbocycles. The smallest absolute Gasteiger partial charge is 0.326 e. The second kappa shape index (κ2) is 6.33. The van der Waals surface area contributed by atoms with Gasteiger partial charge in [0.15, 0.2) is 0 Å². The molecule has 2 N–H and O–H groups in total. The Morgan fingerprint density at radius 2 is 1.91 bits per heavy atom. The summed E-state index contributed by atoms with van der Waals surface area (Å²) >= 11 is 0. The van der Waals surface area contributed by atoms with Crippen molar-refractivity contribution in [3.63, 3.8) is 0 Å². The van der Waals surface area contributed by atoms with Gasteiger partial charge in [0.25, 0.3) is 5.91 Å².